The quantitative estimate of drug-likeness (QED) is 0.593. The van der Waals surface area contributed by atoms with E-state index in [0.717, 1.165) is 4.90 Å². The molecule has 0 aliphatic heterocycles. The third-order valence-corrected chi connectivity index (χ3v) is 1.83. The lowest BCUT2D eigenvalue weighted by Crippen LogP contribution is -2.40. The summed E-state index contributed by atoms with van der Waals surface area (Å²) < 4.78 is 40.6. The first-order chi connectivity index (χ1) is 7.35. The van der Waals surface area contributed by atoms with Gasteiger partial charge in [0.1, 0.15) is 0 Å². The van der Waals surface area contributed by atoms with Crippen LogP contribution < -0.4 is 5.32 Å². The van der Waals surface area contributed by atoms with E-state index in [1.54, 1.807) is 7.11 Å². The van der Waals surface area contributed by atoms with Gasteiger partial charge in [-0.3, -0.25) is 4.90 Å². The Morgan fingerprint density at radius 1 is 1.44 bits per heavy atom. The van der Waals surface area contributed by atoms with Crippen LogP contribution in [0.25, 0.3) is 0 Å². The predicted octanol–water partition coefficient (Wildman–Crippen LogP) is 0.0774. The highest BCUT2D eigenvalue weighted by Crippen LogP contribution is 2.15. The van der Waals surface area contributed by atoms with Gasteiger partial charge in [0.05, 0.1) is 19.3 Å². The van der Waals surface area contributed by atoms with E-state index in [2.05, 4.69) is 5.32 Å². The SMILES string of the molecule is COCCNCC(O)CN(C)CC(F)(F)F. The summed E-state index contributed by atoms with van der Waals surface area (Å²) in [6.45, 7) is 0.300. The van der Waals surface area contributed by atoms with Gasteiger partial charge in [0.15, 0.2) is 0 Å². The zero-order chi connectivity index (χ0) is 12.6. The minimum atomic E-state index is -4.22. The van der Waals surface area contributed by atoms with Crippen LogP contribution in [0.1, 0.15) is 0 Å². The number of halogens is 3. The highest BCUT2D eigenvalue weighted by molar-refractivity contribution is 4.66. The van der Waals surface area contributed by atoms with Gasteiger partial charge in [-0.2, -0.15) is 13.2 Å². The van der Waals surface area contributed by atoms with Crippen molar-refractivity contribution in [3.63, 3.8) is 0 Å². The lowest BCUT2D eigenvalue weighted by atomic mass is 10.3. The van der Waals surface area contributed by atoms with E-state index in [1.807, 2.05) is 0 Å². The van der Waals surface area contributed by atoms with E-state index < -0.39 is 18.8 Å². The summed E-state index contributed by atoms with van der Waals surface area (Å²) in [6.07, 6.45) is -5.04. The summed E-state index contributed by atoms with van der Waals surface area (Å²) in [7, 11) is 2.88. The minimum Gasteiger partial charge on any atom is -0.390 e. The molecule has 0 amide bonds. The maximum absolute atomic E-state index is 12.0. The number of nitrogens with zero attached hydrogens (tertiary/aromatic N) is 1. The molecular formula is C9H19F3N2O2. The average Bonchev–Trinajstić information content (AvgIpc) is 2.09. The Hall–Kier alpha value is -0.370. The molecule has 1 atom stereocenters. The molecule has 0 saturated heterocycles. The summed E-state index contributed by atoms with van der Waals surface area (Å²) in [6, 6.07) is 0. The van der Waals surface area contributed by atoms with E-state index >= 15 is 0 Å². The van der Waals surface area contributed by atoms with Gasteiger partial charge in [0.2, 0.25) is 0 Å². The average molecular weight is 244 g/mol. The van der Waals surface area contributed by atoms with Crippen molar-refractivity contribution in [3.05, 3.63) is 0 Å². The van der Waals surface area contributed by atoms with Crippen LogP contribution in [0, 0.1) is 0 Å². The normalized spacial score (nSPS) is 14.4. The van der Waals surface area contributed by atoms with Crippen LogP contribution in [0.15, 0.2) is 0 Å². The molecule has 0 spiro atoms. The second-order valence-electron chi connectivity index (χ2n) is 3.66. The zero-order valence-corrected chi connectivity index (χ0v) is 9.55. The van der Waals surface area contributed by atoms with Crippen LogP contribution in [0.3, 0.4) is 0 Å². The maximum Gasteiger partial charge on any atom is 0.401 e. The number of methoxy groups -OCH3 is 1. The molecule has 0 aromatic carbocycles. The fourth-order valence-corrected chi connectivity index (χ4v) is 1.24. The molecule has 0 aromatic heterocycles. The van der Waals surface area contributed by atoms with E-state index in [1.165, 1.54) is 7.05 Å². The van der Waals surface area contributed by atoms with Gasteiger partial charge < -0.3 is 15.2 Å². The third kappa shape index (κ3) is 10.2. The molecule has 1 unspecified atom stereocenters. The van der Waals surface area contributed by atoms with Crippen LogP contribution in [-0.2, 0) is 4.74 Å². The predicted molar refractivity (Wildman–Crippen MR) is 54.3 cm³/mol. The number of aliphatic hydroxyl groups excluding tert-OH is 1. The first-order valence-electron chi connectivity index (χ1n) is 4.98. The van der Waals surface area contributed by atoms with Crippen molar-refractivity contribution in [2.45, 2.75) is 12.3 Å². The molecule has 0 fully saturated rings. The number of rotatable bonds is 8. The van der Waals surface area contributed by atoms with E-state index in [4.69, 9.17) is 4.74 Å². The number of likely N-dealkylation sites (N-methyl/N-ethyl adjacent to an activating group) is 1. The number of nitrogens with one attached hydrogen (secondary N) is 1. The fraction of sp³-hybridized carbons (Fsp3) is 1.00. The Morgan fingerprint density at radius 3 is 2.56 bits per heavy atom. The van der Waals surface area contributed by atoms with Crippen LogP contribution in [0.4, 0.5) is 13.2 Å². The molecule has 0 aliphatic carbocycles. The van der Waals surface area contributed by atoms with Gasteiger partial charge in [-0.15, -0.1) is 0 Å². The third-order valence-electron chi connectivity index (χ3n) is 1.83. The molecule has 0 rings (SSSR count). The molecular weight excluding hydrogens is 225 g/mol. The Bertz CT molecular complexity index is 179. The number of alkyl halides is 3. The molecule has 0 radical (unpaired) electrons. The van der Waals surface area contributed by atoms with E-state index in [9.17, 15) is 18.3 Å². The molecule has 0 bridgehead atoms. The van der Waals surface area contributed by atoms with E-state index in [0.29, 0.717) is 13.2 Å². The first kappa shape index (κ1) is 15.6. The topological polar surface area (TPSA) is 44.7 Å². The first-order valence-corrected chi connectivity index (χ1v) is 4.98. The van der Waals surface area contributed by atoms with Crippen molar-refractivity contribution >= 4 is 0 Å². The van der Waals surface area contributed by atoms with Gasteiger partial charge in [-0.25, -0.2) is 0 Å². The van der Waals surface area contributed by atoms with Crippen LogP contribution in [-0.4, -0.2) is 69.2 Å². The van der Waals surface area contributed by atoms with Gasteiger partial charge in [-0.1, -0.05) is 0 Å². The summed E-state index contributed by atoms with van der Waals surface area (Å²) >= 11 is 0. The Balaban J connectivity index is 3.58. The number of ether oxygens (including phenoxy) is 1. The Morgan fingerprint density at radius 2 is 2.06 bits per heavy atom. The lowest BCUT2D eigenvalue weighted by Gasteiger charge is -2.21. The van der Waals surface area contributed by atoms with E-state index in [-0.39, 0.29) is 13.1 Å². The van der Waals surface area contributed by atoms with Gasteiger partial charge in [-0.05, 0) is 7.05 Å². The molecule has 16 heavy (non-hydrogen) atoms. The van der Waals surface area contributed by atoms with Gasteiger partial charge in [0, 0.05) is 26.7 Å². The highest BCUT2D eigenvalue weighted by Gasteiger charge is 2.29. The molecule has 0 saturated carbocycles. The fourth-order valence-electron chi connectivity index (χ4n) is 1.24. The molecule has 98 valence electrons. The molecule has 2 N–H and O–H groups in total. The number of hydrogen-bond donors (Lipinski definition) is 2. The van der Waals surface area contributed by atoms with Crippen LogP contribution in [0.2, 0.25) is 0 Å². The maximum atomic E-state index is 12.0. The van der Waals surface area contributed by atoms with Gasteiger partial charge in [0.25, 0.3) is 0 Å². The van der Waals surface area contributed by atoms with Crippen molar-refractivity contribution in [2.75, 3.05) is 46.9 Å². The molecule has 7 heteroatoms. The largest absolute Gasteiger partial charge is 0.401 e. The van der Waals surface area contributed by atoms with Crippen LogP contribution >= 0.6 is 0 Å². The summed E-state index contributed by atoms with van der Waals surface area (Å²) in [4.78, 5) is 1.04. The van der Waals surface area contributed by atoms with Crippen molar-refractivity contribution in [3.8, 4) is 0 Å². The standard InChI is InChI=1S/C9H19F3N2O2/c1-14(7-9(10,11)12)6-8(15)5-13-3-4-16-2/h8,13,15H,3-7H2,1-2H3. The molecule has 0 aliphatic rings. The lowest BCUT2D eigenvalue weighted by molar-refractivity contribution is -0.145. The summed E-state index contributed by atoms with van der Waals surface area (Å²) in [5, 5.41) is 12.3. The van der Waals surface area contributed by atoms with Crippen molar-refractivity contribution in [2.24, 2.45) is 0 Å². The summed E-state index contributed by atoms with van der Waals surface area (Å²) in [5.74, 6) is 0. The number of aliphatic hydroxyl groups is 1. The number of hydrogen-bond acceptors (Lipinski definition) is 4. The second kappa shape index (κ2) is 7.83. The van der Waals surface area contributed by atoms with Crippen LogP contribution in [0.5, 0.6) is 0 Å². The van der Waals surface area contributed by atoms with Gasteiger partial charge >= 0.3 is 6.18 Å². The smallest absolute Gasteiger partial charge is 0.390 e. The molecule has 0 heterocycles. The Labute approximate surface area is 93.4 Å². The second-order valence-corrected chi connectivity index (χ2v) is 3.66. The monoisotopic (exact) mass is 244 g/mol. The summed E-state index contributed by atoms with van der Waals surface area (Å²) in [5.41, 5.74) is 0. The van der Waals surface area contributed by atoms with Crippen molar-refractivity contribution in [1.29, 1.82) is 0 Å². The zero-order valence-electron chi connectivity index (χ0n) is 9.55. The highest BCUT2D eigenvalue weighted by atomic mass is 19.4. The minimum absolute atomic E-state index is 0.0144. The molecule has 4 nitrogen and oxygen atoms in total. The molecule has 0 aromatic rings. The Kier molecular flexibility index (Phi) is 7.65. The van der Waals surface area contributed by atoms with Crippen molar-refractivity contribution in [1.82, 2.24) is 10.2 Å². The van der Waals surface area contributed by atoms with Crippen molar-refractivity contribution < 1.29 is 23.0 Å².